The van der Waals surface area contributed by atoms with Gasteiger partial charge in [0.15, 0.2) is 0 Å². The third-order valence-electron chi connectivity index (χ3n) is 1.74. The molecule has 0 unspecified atom stereocenters. The Labute approximate surface area is 91.2 Å². The predicted octanol–water partition coefficient (Wildman–Crippen LogP) is 2.52. The van der Waals surface area contributed by atoms with Crippen LogP contribution in [0.2, 0.25) is 0 Å². The molecule has 0 radical (unpaired) electrons. The molecule has 9 heteroatoms. The van der Waals surface area contributed by atoms with Gasteiger partial charge < -0.3 is 10.5 Å². The van der Waals surface area contributed by atoms with Crippen molar-refractivity contribution in [2.24, 2.45) is 5.73 Å². The second-order valence-corrected chi connectivity index (χ2v) is 2.87. The normalized spacial score (nSPS) is 12.0. The molecule has 0 fully saturated rings. The minimum absolute atomic E-state index is 0.316. The Kier molecular flexibility index (Phi) is 3.81. The lowest BCUT2D eigenvalue weighted by molar-refractivity contribution is -0.276. The van der Waals surface area contributed by atoms with Crippen LogP contribution in [0.5, 0.6) is 5.88 Å². The first-order valence-corrected chi connectivity index (χ1v) is 4.18. The summed E-state index contributed by atoms with van der Waals surface area (Å²) in [5.41, 5.74) is 3.36. The highest BCUT2D eigenvalue weighted by molar-refractivity contribution is 5.35. The number of rotatable bonds is 3. The summed E-state index contributed by atoms with van der Waals surface area (Å²) in [4.78, 5) is 2.75. The fraction of sp³-hybridized carbons (Fsp3) is 0.375. The molecule has 0 saturated carbocycles. The summed E-state index contributed by atoms with van der Waals surface area (Å²) in [6, 6.07) is 0.316. The maximum atomic E-state index is 12.7. The summed E-state index contributed by atoms with van der Waals surface area (Å²) in [6.45, 7) is -0.682. The number of pyridine rings is 1. The molecule has 1 heterocycles. The van der Waals surface area contributed by atoms with E-state index in [1.807, 2.05) is 0 Å². The summed E-state index contributed by atoms with van der Waals surface area (Å²) >= 11 is 0. The number of nitrogens with two attached hydrogens (primary N) is 1. The first kappa shape index (κ1) is 13.6. The van der Waals surface area contributed by atoms with E-state index in [-0.39, 0.29) is 0 Å². The highest BCUT2D eigenvalue weighted by Crippen LogP contribution is 2.31. The van der Waals surface area contributed by atoms with Gasteiger partial charge >= 0.3 is 6.36 Å². The molecule has 0 aliphatic rings. The zero-order valence-corrected chi connectivity index (χ0v) is 8.06. The van der Waals surface area contributed by atoms with Crippen LogP contribution in [0.1, 0.15) is 17.6 Å². The molecule has 0 aliphatic heterocycles. The number of alkyl halides is 5. The lowest BCUT2D eigenvalue weighted by atomic mass is 10.1. The summed E-state index contributed by atoms with van der Waals surface area (Å²) in [5.74, 6) is -2.80. The van der Waals surface area contributed by atoms with E-state index in [0.29, 0.717) is 6.07 Å². The molecule has 0 spiro atoms. The Morgan fingerprint density at radius 1 is 1.35 bits per heavy atom. The van der Waals surface area contributed by atoms with Crippen molar-refractivity contribution in [2.45, 2.75) is 19.3 Å². The van der Waals surface area contributed by atoms with Crippen molar-refractivity contribution in [3.8, 4) is 5.88 Å². The first-order valence-electron chi connectivity index (χ1n) is 4.18. The molecule has 96 valence electrons. The minimum atomic E-state index is -5.16. The first-order chi connectivity index (χ1) is 7.74. The molecule has 0 aromatic carbocycles. The van der Waals surface area contributed by atoms with E-state index in [9.17, 15) is 26.3 Å². The van der Waals surface area contributed by atoms with Crippen molar-refractivity contribution >= 4 is 0 Å². The van der Waals surface area contributed by atoms with Crippen LogP contribution in [0.4, 0.5) is 26.3 Å². The van der Waals surface area contributed by atoms with Gasteiger partial charge in [0.25, 0.3) is 6.43 Å². The predicted molar refractivity (Wildman–Crippen MR) is 43.7 cm³/mol. The van der Waals surface area contributed by atoms with Gasteiger partial charge in [0.2, 0.25) is 11.8 Å². The Balaban J connectivity index is 3.28. The van der Waals surface area contributed by atoms with Crippen LogP contribution in [0.25, 0.3) is 0 Å². The van der Waals surface area contributed by atoms with E-state index in [1.165, 1.54) is 0 Å². The highest BCUT2D eigenvalue weighted by Gasteiger charge is 2.34. The van der Waals surface area contributed by atoms with Crippen molar-refractivity contribution in [1.29, 1.82) is 0 Å². The summed E-state index contributed by atoms with van der Waals surface area (Å²) < 4.78 is 76.6. The Morgan fingerprint density at radius 3 is 2.35 bits per heavy atom. The van der Waals surface area contributed by atoms with E-state index >= 15 is 0 Å². The molecule has 0 saturated heterocycles. The number of aromatic nitrogens is 1. The van der Waals surface area contributed by atoms with Crippen molar-refractivity contribution < 1.29 is 31.1 Å². The lowest BCUT2D eigenvalue weighted by Crippen LogP contribution is -2.21. The number of hydrogen-bond donors (Lipinski definition) is 1. The second-order valence-electron chi connectivity index (χ2n) is 2.87. The van der Waals surface area contributed by atoms with Crippen molar-refractivity contribution in [3.63, 3.8) is 0 Å². The number of halogens is 6. The maximum Gasteiger partial charge on any atom is 0.574 e. The van der Waals surface area contributed by atoms with Gasteiger partial charge in [-0.3, -0.25) is 0 Å². The van der Waals surface area contributed by atoms with Gasteiger partial charge in [0.05, 0.1) is 0 Å². The quantitative estimate of drug-likeness (QED) is 0.671. The van der Waals surface area contributed by atoms with E-state index in [0.717, 1.165) is 0 Å². The average Bonchev–Trinajstić information content (AvgIpc) is 2.14. The van der Waals surface area contributed by atoms with Crippen LogP contribution in [0, 0.1) is 5.95 Å². The zero-order valence-electron chi connectivity index (χ0n) is 8.06. The number of nitrogens with zero attached hydrogens (tertiary/aromatic N) is 1. The van der Waals surface area contributed by atoms with E-state index in [1.54, 1.807) is 0 Å². The van der Waals surface area contributed by atoms with E-state index in [2.05, 4.69) is 9.72 Å². The molecule has 3 nitrogen and oxygen atoms in total. The third kappa shape index (κ3) is 3.48. The summed E-state index contributed by atoms with van der Waals surface area (Å²) in [6.07, 6.45) is -8.34. The lowest BCUT2D eigenvalue weighted by Gasteiger charge is -2.14. The molecule has 0 atom stereocenters. The van der Waals surface area contributed by atoms with Gasteiger partial charge in [-0.05, 0) is 0 Å². The summed E-state index contributed by atoms with van der Waals surface area (Å²) in [5, 5.41) is 0. The Hall–Kier alpha value is -1.51. The molecule has 0 bridgehead atoms. The van der Waals surface area contributed by atoms with Gasteiger partial charge in [-0.2, -0.15) is 9.37 Å². The molecule has 2 N–H and O–H groups in total. The Morgan fingerprint density at radius 2 is 1.94 bits per heavy atom. The van der Waals surface area contributed by atoms with Crippen LogP contribution >= 0.6 is 0 Å². The smallest absolute Gasteiger partial charge is 0.387 e. The molecule has 1 aromatic rings. The van der Waals surface area contributed by atoms with Gasteiger partial charge in [-0.15, -0.1) is 13.2 Å². The van der Waals surface area contributed by atoms with Gasteiger partial charge in [-0.25, -0.2) is 8.78 Å². The van der Waals surface area contributed by atoms with Crippen molar-refractivity contribution in [1.82, 2.24) is 4.98 Å². The second kappa shape index (κ2) is 4.78. The SMILES string of the molecule is NCc1c(C(F)F)cc(F)nc1OC(F)(F)F. The molecule has 0 aliphatic carbocycles. The molecule has 1 aromatic heterocycles. The standard InChI is InChI=1S/C8H6F6N2O/c9-5-1-3(6(10)11)4(2-15)7(16-5)17-8(12,13)14/h1,6H,2,15H2. The molecular formula is C8H6F6N2O. The van der Waals surface area contributed by atoms with Gasteiger partial charge in [0.1, 0.15) is 0 Å². The van der Waals surface area contributed by atoms with Gasteiger partial charge in [0, 0.05) is 23.7 Å². The van der Waals surface area contributed by atoms with Crippen LogP contribution in [0.3, 0.4) is 0 Å². The molecule has 1 rings (SSSR count). The van der Waals surface area contributed by atoms with E-state index < -0.39 is 42.3 Å². The number of hydrogen-bond acceptors (Lipinski definition) is 3. The average molecular weight is 260 g/mol. The zero-order chi connectivity index (χ0) is 13.2. The molecular weight excluding hydrogens is 254 g/mol. The van der Waals surface area contributed by atoms with Crippen LogP contribution < -0.4 is 10.5 Å². The van der Waals surface area contributed by atoms with Crippen molar-refractivity contribution in [3.05, 3.63) is 23.1 Å². The summed E-state index contributed by atoms with van der Waals surface area (Å²) in [7, 11) is 0. The molecule has 0 amide bonds. The van der Waals surface area contributed by atoms with Crippen LogP contribution in [-0.2, 0) is 6.54 Å². The fourth-order valence-corrected chi connectivity index (χ4v) is 1.13. The topological polar surface area (TPSA) is 48.1 Å². The fourth-order valence-electron chi connectivity index (χ4n) is 1.13. The van der Waals surface area contributed by atoms with Gasteiger partial charge in [-0.1, -0.05) is 0 Å². The monoisotopic (exact) mass is 260 g/mol. The maximum absolute atomic E-state index is 12.7. The number of ether oxygens (including phenoxy) is 1. The molecule has 17 heavy (non-hydrogen) atoms. The van der Waals surface area contributed by atoms with E-state index in [4.69, 9.17) is 5.73 Å². The highest BCUT2D eigenvalue weighted by atomic mass is 19.4. The minimum Gasteiger partial charge on any atom is -0.387 e. The largest absolute Gasteiger partial charge is 0.574 e. The van der Waals surface area contributed by atoms with Crippen molar-refractivity contribution in [2.75, 3.05) is 0 Å². The Bertz CT molecular complexity index is 406. The third-order valence-corrected chi connectivity index (χ3v) is 1.74. The van der Waals surface area contributed by atoms with Crippen LogP contribution in [0.15, 0.2) is 6.07 Å². The van der Waals surface area contributed by atoms with Crippen LogP contribution in [-0.4, -0.2) is 11.3 Å².